The molecule has 1 rings (SSSR count). The van der Waals surface area contributed by atoms with Crippen LogP contribution in [0.2, 0.25) is 0 Å². The molecule has 100 valence electrons. The Bertz CT molecular complexity index is 378. The van der Waals surface area contributed by atoms with E-state index < -0.39 is 18.1 Å². The van der Waals surface area contributed by atoms with Gasteiger partial charge in [0, 0.05) is 19.8 Å². The maximum Gasteiger partial charge on any atom is 0.244 e. The lowest BCUT2D eigenvalue weighted by Gasteiger charge is -2.23. The van der Waals surface area contributed by atoms with Crippen LogP contribution in [0, 0.1) is 0 Å². The minimum atomic E-state index is -0.858. The van der Waals surface area contributed by atoms with Crippen LogP contribution in [0.1, 0.15) is 33.6 Å². The lowest BCUT2D eigenvalue weighted by molar-refractivity contribution is -0.146. The summed E-state index contributed by atoms with van der Waals surface area (Å²) in [7, 11) is 0. The zero-order valence-electron chi connectivity index (χ0n) is 10.6. The summed E-state index contributed by atoms with van der Waals surface area (Å²) in [6.45, 7) is 4.41. The van der Waals surface area contributed by atoms with E-state index >= 15 is 0 Å². The van der Waals surface area contributed by atoms with Crippen molar-refractivity contribution in [3.8, 4) is 0 Å². The van der Waals surface area contributed by atoms with Gasteiger partial charge in [-0.1, -0.05) is 0 Å². The Morgan fingerprint density at radius 3 is 2.06 bits per heavy atom. The molecule has 0 aliphatic carbocycles. The molecule has 1 aliphatic heterocycles. The van der Waals surface area contributed by atoms with Gasteiger partial charge in [-0.05, 0) is 13.8 Å². The highest BCUT2D eigenvalue weighted by atomic mass is 16.2. The van der Waals surface area contributed by atoms with Crippen molar-refractivity contribution in [2.24, 2.45) is 0 Å². The molecule has 0 saturated carbocycles. The maximum atomic E-state index is 11.8. The van der Waals surface area contributed by atoms with Gasteiger partial charge in [0.15, 0.2) is 0 Å². The molecule has 0 radical (unpaired) electrons. The zero-order valence-corrected chi connectivity index (χ0v) is 10.6. The Balaban J connectivity index is 2.58. The number of likely N-dealkylation sites (tertiary alicyclic amines) is 1. The zero-order chi connectivity index (χ0) is 13.9. The summed E-state index contributed by atoms with van der Waals surface area (Å²) < 4.78 is 0. The minimum Gasteiger partial charge on any atom is -0.337 e. The van der Waals surface area contributed by atoms with Crippen LogP contribution in [0.4, 0.5) is 0 Å². The van der Waals surface area contributed by atoms with Crippen LogP contribution in [-0.2, 0) is 19.2 Å². The summed E-state index contributed by atoms with van der Waals surface area (Å²) in [5.41, 5.74) is 0. The van der Waals surface area contributed by atoms with E-state index in [9.17, 15) is 19.2 Å². The molecule has 0 aromatic heterocycles. The van der Waals surface area contributed by atoms with Gasteiger partial charge < -0.3 is 10.6 Å². The third-order valence-electron chi connectivity index (χ3n) is 2.64. The number of imide groups is 1. The van der Waals surface area contributed by atoms with E-state index in [0.29, 0.717) is 0 Å². The van der Waals surface area contributed by atoms with Gasteiger partial charge in [0.1, 0.15) is 6.04 Å². The van der Waals surface area contributed by atoms with E-state index in [4.69, 9.17) is 0 Å². The second-order valence-electron chi connectivity index (χ2n) is 4.26. The van der Waals surface area contributed by atoms with E-state index in [1.54, 1.807) is 6.92 Å². The fourth-order valence-electron chi connectivity index (χ4n) is 1.82. The average Bonchev–Trinajstić information content (AvgIpc) is 2.56. The topological polar surface area (TPSA) is 95.6 Å². The van der Waals surface area contributed by atoms with Crippen molar-refractivity contribution in [3.05, 3.63) is 0 Å². The van der Waals surface area contributed by atoms with Crippen molar-refractivity contribution < 1.29 is 19.2 Å². The monoisotopic (exact) mass is 255 g/mol. The third kappa shape index (κ3) is 3.28. The van der Waals surface area contributed by atoms with Crippen LogP contribution in [0.15, 0.2) is 0 Å². The second kappa shape index (κ2) is 5.61. The molecule has 0 bridgehead atoms. The molecule has 0 spiro atoms. The molecule has 0 aromatic rings. The number of hydrogen-bond acceptors (Lipinski definition) is 4. The Kier molecular flexibility index (Phi) is 4.41. The number of carbonyl (C=O) groups is 4. The average molecular weight is 255 g/mol. The predicted molar refractivity (Wildman–Crippen MR) is 62.0 cm³/mol. The lowest BCUT2D eigenvalue weighted by atomic mass is 10.2. The molecule has 18 heavy (non-hydrogen) atoms. The Morgan fingerprint density at radius 1 is 1.11 bits per heavy atom. The molecule has 7 nitrogen and oxygen atoms in total. The fraction of sp³-hybridized carbons (Fsp3) is 0.636. The van der Waals surface area contributed by atoms with Gasteiger partial charge in [0.25, 0.3) is 0 Å². The van der Waals surface area contributed by atoms with Crippen molar-refractivity contribution >= 4 is 23.6 Å². The number of nitrogens with one attached hydrogen (secondary N) is 2. The van der Waals surface area contributed by atoms with Gasteiger partial charge in [-0.3, -0.25) is 24.1 Å². The highest BCUT2D eigenvalue weighted by molar-refractivity contribution is 6.05. The molecule has 0 aromatic carbocycles. The molecule has 2 N–H and O–H groups in total. The van der Waals surface area contributed by atoms with E-state index in [-0.39, 0.29) is 30.6 Å². The summed E-state index contributed by atoms with van der Waals surface area (Å²) in [6, 6.07) is -0.858. The summed E-state index contributed by atoms with van der Waals surface area (Å²) in [6.07, 6.45) is -0.250. The molecule has 1 fully saturated rings. The Morgan fingerprint density at radius 2 is 1.61 bits per heavy atom. The molecule has 4 amide bonds. The van der Waals surface area contributed by atoms with E-state index in [0.717, 1.165) is 4.90 Å². The van der Waals surface area contributed by atoms with E-state index in [1.165, 1.54) is 13.8 Å². The third-order valence-corrected chi connectivity index (χ3v) is 2.64. The van der Waals surface area contributed by atoms with Crippen molar-refractivity contribution in [2.45, 2.75) is 45.8 Å². The molecule has 2 atom stereocenters. The quantitative estimate of drug-likeness (QED) is 0.504. The first-order valence-corrected chi connectivity index (χ1v) is 5.75. The smallest absolute Gasteiger partial charge is 0.244 e. The summed E-state index contributed by atoms with van der Waals surface area (Å²) >= 11 is 0. The number of carbonyl (C=O) groups excluding carboxylic acids is 4. The van der Waals surface area contributed by atoms with Gasteiger partial charge in [0.05, 0.1) is 6.17 Å². The van der Waals surface area contributed by atoms with Crippen LogP contribution in [0.25, 0.3) is 0 Å². The molecular weight excluding hydrogens is 238 g/mol. The summed E-state index contributed by atoms with van der Waals surface area (Å²) in [4.78, 5) is 46.5. The van der Waals surface area contributed by atoms with Gasteiger partial charge >= 0.3 is 0 Å². The second-order valence-corrected chi connectivity index (χ2v) is 4.26. The number of amides is 4. The Hall–Kier alpha value is -1.92. The lowest BCUT2D eigenvalue weighted by Crippen LogP contribution is -2.53. The molecule has 2 unspecified atom stereocenters. The summed E-state index contributed by atoms with van der Waals surface area (Å²) in [5, 5.41) is 4.99. The largest absolute Gasteiger partial charge is 0.337 e. The van der Waals surface area contributed by atoms with E-state index in [2.05, 4.69) is 10.6 Å². The van der Waals surface area contributed by atoms with Crippen molar-refractivity contribution in [1.29, 1.82) is 0 Å². The van der Waals surface area contributed by atoms with E-state index in [1.807, 2.05) is 0 Å². The van der Waals surface area contributed by atoms with Gasteiger partial charge in [0.2, 0.25) is 23.6 Å². The minimum absolute atomic E-state index is 0.150. The summed E-state index contributed by atoms with van der Waals surface area (Å²) in [5.74, 6) is -1.42. The van der Waals surface area contributed by atoms with Crippen LogP contribution < -0.4 is 10.6 Å². The molecular formula is C11H17N3O4. The standard InChI is InChI=1S/C11H17N3O4/c1-6(14-9(16)4-5-10(14)17)11(18)13-7(2)12-8(3)15/h6-7H,4-5H2,1-3H3,(H,12,15)(H,13,18). The molecule has 1 saturated heterocycles. The fourth-order valence-corrected chi connectivity index (χ4v) is 1.82. The van der Waals surface area contributed by atoms with Crippen molar-refractivity contribution in [1.82, 2.24) is 15.5 Å². The normalized spacial score (nSPS) is 18.5. The van der Waals surface area contributed by atoms with Crippen LogP contribution in [-0.4, -0.2) is 40.7 Å². The van der Waals surface area contributed by atoms with Crippen LogP contribution in [0.3, 0.4) is 0 Å². The van der Waals surface area contributed by atoms with Crippen molar-refractivity contribution in [2.75, 3.05) is 0 Å². The SMILES string of the molecule is CC(=O)NC(C)NC(=O)C(C)N1C(=O)CCC1=O. The van der Waals surface area contributed by atoms with Crippen LogP contribution in [0.5, 0.6) is 0 Å². The Labute approximate surface area is 105 Å². The van der Waals surface area contributed by atoms with Crippen molar-refractivity contribution in [3.63, 3.8) is 0 Å². The first kappa shape index (κ1) is 14.1. The highest BCUT2D eigenvalue weighted by Gasteiger charge is 2.36. The van der Waals surface area contributed by atoms with Crippen LogP contribution >= 0.6 is 0 Å². The maximum absolute atomic E-state index is 11.8. The predicted octanol–water partition coefficient (Wildman–Crippen LogP) is -0.878. The molecule has 1 aliphatic rings. The first-order valence-electron chi connectivity index (χ1n) is 5.75. The number of nitrogens with zero attached hydrogens (tertiary/aromatic N) is 1. The van der Waals surface area contributed by atoms with Gasteiger partial charge in [-0.25, -0.2) is 0 Å². The highest BCUT2D eigenvalue weighted by Crippen LogP contribution is 2.15. The number of rotatable bonds is 4. The van der Waals surface area contributed by atoms with Gasteiger partial charge in [-0.2, -0.15) is 0 Å². The molecule has 7 heteroatoms. The number of hydrogen-bond donors (Lipinski definition) is 2. The molecule has 1 heterocycles. The first-order chi connectivity index (χ1) is 8.32. The van der Waals surface area contributed by atoms with Gasteiger partial charge in [-0.15, -0.1) is 0 Å².